The Balaban J connectivity index is 0.949. The first-order valence-electron chi connectivity index (χ1n) is 42.0. The Bertz CT molecular complexity index is 7210. The molecule has 0 saturated heterocycles. The molecule has 0 aliphatic carbocycles. The van der Waals surface area contributed by atoms with E-state index in [0.717, 1.165) is 121 Å². The third-order valence-electron chi connectivity index (χ3n) is 21.0. The van der Waals surface area contributed by atoms with Crippen molar-refractivity contribution in [1.29, 1.82) is 0 Å². The molecule has 16 aromatic carbocycles. The molecule has 5 nitrogen and oxygen atoms in total. The van der Waals surface area contributed by atoms with E-state index in [1.54, 1.807) is 9.13 Å². The first-order valence-corrected chi connectivity index (χ1v) is 34.0. The molecule has 0 fully saturated rings. The van der Waals surface area contributed by atoms with E-state index < -0.39 is 103 Å². The van der Waals surface area contributed by atoms with Crippen molar-refractivity contribution in [2.45, 2.75) is 0 Å². The minimum absolute atomic E-state index is 0.0563. The highest BCUT2D eigenvalue weighted by Gasteiger charge is 2.46. The molecule has 0 N–H and O–H groups in total. The number of aromatic nitrogens is 3. The molecule has 4 aromatic heterocycles. The van der Waals surface area contributed by atoms with Gasteiger partial charge < -0.3 is 23.3 Å². The number of anilines is 6. The van der Waals surface area contributed by atoms with Gasteiger partial charge in [0, 0.05) is 99.5 Å². The van der Waals surface area contributed by atoms with Gasteiger partial charge >= 0.3 is 0 Å². The molecule has 2 aliphatic rings. The largest absolute Gasteiger partial charge is 0.310 e. The molecule has 0 unspecified atom stereocenters. The third kappa shape index (κ3) is 8.17. The van der Waals surface area contributed by atoms with Crippen molar-refractivity contribution in [2.24, 2.45) is 0 Å². The minimum atomic E-state index is -0.787. The lowest BCUT2D eigenvalue weighted by atomic mass is 9.33. The fourth-order valence-electron chi connectivity index (χ4n) is 16.8. The van der Waals surface area contributed by atoms with E-state index in [9.17, 15) is 16.4 Å². The fraction of sp³-hybridized carbons (Fsp3) is 0. The van der Waals surface area contributed by atoms with E-state index in [4.69, 9.17) is 5.48 Å². The van der Waals surface area contributed by atoms with Gasteiger partial charge in [-0.3, -0.25) is 0 Å². The number of nitrogens with zero attached hydrogens (tertiary/aromatic N) is 5. The number of hydrogen-bond acceptors (Lipinski definition) is 2. The van der Waals surface area contributed by atoms with Crippen LogP contribution in [0.4, 0.5) is 34.1 Å². The van der Waals surface area contributed by atoms with Crippen LogP contribution in [-0.2, 0) is 0 Å². The second-order valence-corrected chi connectivity index (χ2v) is 26.2. The first kappa shape index (κ1) is 43.1. The zero-order chi connectivity index (χ0) is 80.6. The van der Waals surface area contributed by atoms with Gasteiger partial charge in [0.05, 0.1) is 71.9 Å². The van der Waals surface area contributed by atoms with Crippen molar-refractivity contribution >= 4 is 139 Å². The lowest BCUT2D eigenvalue weighted by Crippen LogP contribution is -2.61. The van der Waals surface area contributed by atoms with Gasteiger partial charge in [-0.15, -0.1) is 0 Å². The summed E-state index contributed by atoms with van der Waals surface area (Å²) < 4.78 is 157. The van der Waals surface area contributed by atoms with Crippen molar-refractivity contribution in [3.8, 4) is 67.0 Å². The van der Waals surface area contributed by atoms with E-state index in [0.29, 0.717) is 34.1 Å². The molecule has 0 amide bonds. The topological polar surface area (TPSA) is 20.8 Å². The van der Waals surface area contributed by atoms with Gasteiger partial charge in [-0.25, -0.2) is 0 Å². The van der Waals surface area contributed by atoms with Crippen molar-refractivity contribution in [3.05, 3.63) is 364 Å². The average molecular weight is 1310 g/mol. The average Bonchev–Trinajstić information content (AvgIpc) is 0.877. The van der Waals surface area contributed by atoms with Crippen LogP contribution in [0.1, 0.15) is 21.9 Å². The lowest BCUT2D eigenvalue weighted by Gasteiger charge is -2.46. The summed E-state index contributed by atoms with van der Waals surface area (Å²) in [5, 5.41) is 4.02. The van der Waals surface area contributed by atoms with Crippen LogP contribution in [-0.4, -0.2) is 20.2 Å². The maximum atomic E-state index is 9.88. The molecular formula is C96H60BN5. The molecule has 22 rings (SSSR count). The Labute approximate surface area is 612 Å². The number of hydrogen-bond donors (Lipinski definition) is 0. The fourth-order valence-corrected chi connectivity index (χ4v) is 16.8. The van der Waals surface area contributed by atoms with Crippen LogP contribution in [0.5, 0.6) is 0 Å². The van der Waals surface area contributed by atoms with Crippen LogP contribution < -0.4 is 26.2 Å². The zero-order valence-corrected chi connectivity index (χ0v) is 54.2. The summed E-state index contributed by atoms with van der Waals surface area (Å²) in [6.45, 7) is -0.787. The molecule has 0 radical (unpaired) electrons. The first-order chi connectivity index (χ1) is 57.3. The summed E-state index contributed by atoms with van der Waals surface area (Å²) in [5.41, 5.74) is 18.4. The van der Waals surface area contributed by atoms with Crippen LogP contribution >= 0.6 is 0 Å². The normalized spacial score (nSPS) is 14.8. The Kier molecular flexibility index (Phi) is 9.31. The Morgan fingerprint density at radius 1 is 0.245 bits per heavy atom. The highest BCUT2D eigenvalue weighted by Crippen LogP contribution is 2.55. The van der Waals surface area contributed by atoms with Crippen LogP contribution in [0.25, 0.3) is 149 Å². The molecule has 6 heteroatoms. The summed E-state index contributed by atoms with van der Waals surface area (Å²) in [4.78, 5) is 4.62. The predicted molar refractivity (Wildman–Crippen MR) is 431 cm³/mol. The quantitative estimate of drug-likeness (QED) is 0.134. The molecule has 0 bridgehead atoms. The Hall–Kier alpha value is -13.4. The molecular weight excluding hydrogens is 1230 g/mol. The molecule has 20 aromatic rings. The van der Waals surface area contributed by atoms with E-state index in [1.807, 2.05) is 109 Å². The van der Waals surface area contributed by atoms with Gasteiger partial charge in [-0.1, -0.05) is 285 Å². The standard InChI is InChI=1S/C96H60BN5/c1-5-26-61(27-6-1)69-39-23-40-70(62-28-7-2-8-29-62)94(69)101-89-59-67(98-83-45-18-13-34-73(83)74-35-14-19-46-84(74)98)51-53-81(89)97-82-54-52-68(99-85-47-20-15-36-75(85)76-37-16-21-48-86(76)99)60-90(82)102(95-71(63-30-9-3-10-31-63)41-24-42-72(95)64-32-11-4-12-33-64)92-58-66(57-91(101)93(92)97)65-50-55-88-80(56-65)79-44-25-43-78-77-38-17-22-49-87(77)100(88)96(78)79/h1-60H/i13D,14D,15D,16D,18D,19D,20D,21D,34D,35D,36D,37D,45D,46D,47D,48D. The van der Waals surface area contributed by atoms with Crippen molar-refractivity contribution in [2.75, 3.05) is 9.80 Å². The number of benzene rings is 16. The van der Waals surface area contributed by atoms with Gasteiger partial charge in [0.25, 0.3) is 6.71 Å². The maximum absolute atomic E-state index is 9.88. The molecule has 0 atom stereocenters. The number of fused-ring (bicyclic) bond motifs is 16. The Morgan fingerprint density at radius 2 is 0.618 bits per heavy atom. The monoisotopic (exact) mass is 1310 g/mol. The molecule has 0 saturated carbocycles. The smallest absolute Gasteiger partial charge is 0.252 e. The lowest BCUT2D eigenvalue weighted by molar-refractivity contribution is 1.17. The van der Waals surface area contributed by atoms with Crippen LogP contribution in [0.2, 0.25) is 0 Å². The summed E-state index contributed by atoms with van der Waals surface area (Å²) >= 11 is 0. The van der Waals surface area contributed by atoms with Gasteiger partial charge in [-0.2, -0.15) is 0 Å². The van der Waals surface area contributed by atoms with Gasteiger partial charge in [-0.05, 0) is 129 Å². The number of para-hydroxylation sites is 8. The van der Waals surface area contributed by atoms with Crippen LogP contribution in [0.15, 0.2) is 364 Å². The van der Waals surface area contributed by atoms with Crippen molar-refractivity contribution in [1.82, 2.24) is 13.5 Å². The van der Waals surface area contributed by atoms with Crippen molar-refractivity contribution < 1.29 is 21.9 Å². The van der Waals surface area contributed by atoms with Gasteiger partial charge in [0.1, 0.15) is 0 Å². The Morgan fingerprint density at radius 3 is 1.06 bits per heavy atom. The van der Waals surface area contributed by atoms with Crippen LogP contribution in [0, 0.1) is 0 Å². The van der Waals surface area contributed by atoms with Crippen molar-refractivity contribution in [3.63, 3.8) is 0 Å². The highest BCUT2D eigenvalue weighted by molar-refractivity contribution is 7.00. The van der Waals surface area contributed by atoms with E-state index in [-0.39, 0.29) is 43.6 Å². The SMILES string of the molecule is [2H]c1c([2H])c([2H])c2c(c1[2H])c1c([2H])c([2H])c([2H])c([2H])c1n2-c1ccc2c(c1)N(c1c(-c3ccccc3)cccc1-c1ccccc1)c1cc(-c3ccc4c(c3)c3cccc5c6ccccc6n4c53)cc3c1B2c1ccc(-n2c4c([2H])c([2H])c([2H])c([2H])c4c4c([2H])c([2H])c([2H])c([2H])c42)cc1N3c1c(-c2ccccc2)cccc1-c1ccccc1. The molecule has 6 heterocycles. The summed E-state index contributed by atoms with van der Waals surface area (Å²) in [5.74, 6) is 0. The summed E-state index contributed by atoms with van der Waals surface area (Å²) in [6.07, 6.45) is 0. The second kappa shape index (κ2) is 22.0. The van der Waals surface area contributed by atoms with E-state index in [1.165, 1.54) is 0 Å². The van der Waals surface area contributed by atoms with E-state index >= 15 is 0 Å². The maximum Gasteiger partial charge on any atom is 0.252 e. The highest BCUT2D eigenvalue weighted by atomic mass is 15.2. The minimum Gasteiger partial charge on any atom is -0.310 e. The van der Waals surface area contributed by atoms with Gasteiger partial charge in [0.2, 0.25) is 0 Å². The molecule has 102 heavy (non-hydrogen) atoms. The van der Waals surface area contributed by atoms with Gasteiger partial charge in [0.15, 0.2) is 0 Å². The third-order valence-corrected chi connectivity index (χ3v) is 21.0. The van der Waals surface area contributed by atoms with E-state index in [2.05, 4.69) is 172 Å². The zero-order valence-electron chi connectivity index (χ0n) is 70.2. The predicted octanol–water partition coefficient (Wildman–Crippen LogP) is 23.4. The molecule has 2 aliphatic heterocycles. The molecule has 0 spiro atoms. The second-order valence-electron chi connectivity index (χ2n) is 26.2. The molecule has 472 valence electrons. The van der Waals surface area contributed by atoms with Crippen LogP contribution in [0.3, 0.4) is 0 Å². The summed E-state index contributed by atoms with van der Waals surface area (Å²) in [6, 6.07) is 82.8. The number of rotatable bonds is 9. The summed E-state index contributed by atoms with van der Waals surface area (Å²) in [7, 11) is 0.